The Morgan fingerprint density at radius 3 is 2.75 bits per heavy atom. The molecule has 1 heterocycles. The van der Waals surface area contributed by atoms with E-state index in [1.165, 1.54) is 4.90 Å². The third-order valence-electron chi connectivity index (χ3n) is 3.43. The maximum Gasteiger partial charge on any atom is 0.254 e. The fraction of sp³-hybridized carbons (Fsp3) is 0.333. The van der Waals surface area contributed by atoms with Crippen LogP contribution in [0.25, 0.3) is 0 Å². The first-order chi connectivity index (χ1) is 9.72. The molecule has 0 unspecified atom stereocenters. The van der Waals surface area contributed by atoms with E-state index in [2.05, 4.69) is 38.0 Å². The number of H-pyrrole nitrogens is 1. The van der Waals surface area contributed by atoms with E-state index in [4.69, 9.17) is 0 Å². The Labute approximate surface area is 130 Å². The first-order valence-corrected chi connectivity index (χ1v) is 8.49. The van der Waals surface area contributed by atoms with Crippen molar-refractivity contribution in [3.8, 4) is 0 Å². The highest BCUT2D eigenvalue weighted by Crippen LogP contribution is 2.24. The Kier molecular flexibility index (Phi) is 4.27. The van der Waals surface area contributed by atoms with Gasteiger partial charge in [-0.2, -0.15) is 0 Å². The van der Waals surface area contributed by atoms with E-state index in [9.17, 15) is 4.79 Å². The van der Waals surface area contributed by atoms with Crippen molar-refractivity contribution in [2.45, 2.75) is 36.3 Å². The van der Waals surface area contributed by atoms with E-state index >= 15 is 0 Å². The predicted molar refractivity (Wildman–Crippen MR) is 85.2 cm³/mol. The molecule has 0 aliphatic heterocycles. The zero-order valence-electron chi connectivity index (χ0n) is 11.0. The molecular formula is C15H15BrN2OS. The summed E-state index contributed by atoms with van der Waals surface area (Å²) in [6.45, 7) is 0. The summed E-state index contributed by atoms with van der Waals surface area (Å²) in [7, 11) is 0. The average molecular weight is 351 g/mol. The zero-order chi connectivity index (χ0) is 13.9. The van der Waals surface area contributed by atoms with Gasteiger partial charge in [-0.15, -0.1) is 11.8 Å². The second kappa shape index (κ2) is 6.14. The molecule has 0 spiro atoms. The Balaban J connectivity index is 1.76. The summed E-state index contributed by atoms with van der Waals surface area (Å²) < 4.78 is 1.07. The number of nitrogens with zero attached hydrogens (tertiary/aromatic N) is 1. The van der Waals surface area contributed by atoms with Crippen molar-refractivity contribution >= 4 is 27.7 Å². The van der Waals surface area contributed by atoms with Gasteiger partial charge in [0.1, 0.15) is 5.82 Å². The third kappa shape index (κ3) is 3.15. The van der Waals surface area contributed by atoms with Crippen LogP contribution in [0.15, 0.2) is 38.4 Å². The summed E-state index contributed by atoms with van der Waals surface area (Å²) in [5, 5.41) is 0. The van der Waals surface area contributed by atoms with Crippen LogP contribution in [-0.2, 0) is 18.6 Å². The molecule has 0 fully saturated rings. The van der Waals surface area contributed by atoms with Crippen LogP contribution in [0.5, 0.6) is 0 Å². The van der Waals surface area contributed by atoms with Crippen LogP contribution in [0.1, 0.15) is 29.9 Å². The quantitative estimate of drug-likeness (QED) is 0.858. The molecule has 3 rings (SSSR count). The van der Waals surface area contributed by atoms with Crippen molar-refractivity contribution in [1.29, 1.82) is 0 Å². The van der Waals surface area contributed by atoms with Crippen molar-refractivity contribution in [1.82, 2.24) is 9.97 Å². The predicted octanol–water partition coefficient (Wildman–Crippen LogP) is 3.70. The van der Waals surface area contributed by atoms with Crippen LogP contribution in [0.3, 0.4) is 0 Å². The van der Waals surface area contributed by atoms with Gasteiger partial charge in [0.05, 0.1) is 11.4 Å². The summed E-state index contributed by atoms with van der Waals surface area (Å²) in [6.07, 6.45) is 4.06. The molecule has 0 bridgehead atoms. The third-order valence-corrected chi connectivity index (χ3v) is 4.98. The number of thioether (sulfide) groups is 1. The van der Waals surface area contributed by atoms with Gasteiger partial charge in [0.2, 0.25) is 0 Å². The first-order valence-electron chi connectivity index (χ1n) is 6.72. The lowest BCUT2D eigenvalue weighted by Gasteiger charge is -2.14. The van der Waals surface area contributed by atoms with Gasteiger partial charge in [0.25, 0.3) is 5.56 Å². The molecule has 0 saturated heterocycles. The summed E-state index contributed by atoms with van der Waals surface area (Å²) >= 11 is 5.11. The molecule has 5 heteroatoms. The van der Waals surface area contributed by atoms with Crippen LogP contribution >= 0.6 is 27.7 Å². The van der Waals surface area contributed by atoms with Gasteiger partial charge in [0, 0.05) is 14.9 Å². The largest absolute Gasteiger partial charge is 0.310 e. The van der Waals surface area contributed by atoms with Gasteiger partial charge in [-0.25, -0.2) is 4.98 Å². The molecule has 20 heavy (non-hydrogen) atoms. The summed E-state index contributed by atoms with van der Waals surface area (Å²) in [4.78, 5) is 20.7. The molecule has 1 N–H and O–H groups in total. The number of hydrogen-bond donors (Lipinski definition) is 1. The molecule has 0 radical (unpaired) electrons. The summed E-state index contributed by atoms with van der Waals surface area (Å²) in [6, 6.07) is 8.16. The number of rotatable bonds is 3. The van der Waals surface area contributed by atoms with Crippen molar-refractivity contribution in [2.75, 3.05) is 0 Å². The smallest absolute Gasteiger partial charge is 0.254 e. The minimum Gasteiger partial charge on any atom is -0.310 e. The number of benzene rings is 1. The zero-order valence-corrected chi connectivity index (χ0v) is 13.4. The lowest BCUT2D eigenvalue weighted by Crippen LogP contribution is -2.22. The molecule has 104 valence electrons. The highest BCUT2D eigenvalue weighted by Gasteiger charge is 2.15. The highest BCUT2D eigenvalue weighted by molar-refractivity contribution is 9.10. The highest BCUT2D eigenvalue weighted by atomic mass is 79.9. The molecule has 1 aromatic carbocycles. The van der Waals surface area contributed by atoms with Crippen LogP contribution in [0, 0.1) is 0 Å². The van der Waals surface area contributed by atoms with Crippen LogP contribution < -0.4 is 5.56 Å². The SMILES string of the molecule is O=c1[nH]c(CSc2ccc(Br)cc2)nc2c1CCCC2. The number of aromatic nitrogens is 2. The van der Waals surface area contributed by atoms with E-state index in [0.717, 1.165) is 47.2 Å². The molecular weight excluding hydrogens is 336 g/mol. The van der Waals surface area contributed by atoms with E-state index < -0.39 is 0 Å². The number of nitrogens with one attached hydrogen (secondary N) is 1. The lowest BCUT2D eigenvalue weighted by atomic mass is 9.97. The van der Waals surface area contributed by atoms with Crippen LogP contribution in [0.2, 0.25) is 0 Å². The van der Waals surface area contributed by atoms with Crippen molar-refractivity contribution in [3.63, 3.8) is 0 Å². The van der Waals surface area contributed by atoms with E-state index in [1.807, 2.05) is 12.1 Å². The van der Waals surface area contributed by atoms with E-state index in [-0.39, 0.29) is 5.56 Å². The number of hydrogen-bond acceptors (Lipinski definition) is 3. The average Bonchev–Trinajstić information content (AvgIpc) is 2.47. The number of fused-ring (bicyclic) bond motifs is 1. The van der Waals surface area contributed by atoms with Gasteiger partial charge < -0.3 is 4.98 Å². The normalized spacial score (nSPS) is 14.1. The van der Waals surface area contributed by atoms with Crippen LogP contribution in [0.4, 0.5) is 0 Å². The molecule has 1 aliphatic carbocycles. The Bertz CT molecular complexity index is 667. The van der Waals surface area contributed by atoms with Crippen molar-refractivity contribution in [3.05, 3.63) is 56.2 Å². The molecule has 3 nitrogen and oxygen atoms in total. The second-order valence-electron chi connectivity index (χ2n) is 4.89. The number of aromatic amines is 1. The summed E-state index contributed by atoms with van der Waals surface area (Å²) in [5.74, 6) is 1.48. The van der Waals surface area contributed by atoms with Crippen molar-refractivity contribution < 1.29 is 0 Å². The van der Waals surface area contributed by atoms with E-state index in [0.29, 0.717) is 5.75 Å². The molecule has 0 atom stereocenters. The molecule has 1 aromatic heterocycles. The standard InChI is InChI=1S/C15H15BrN2OS/c16-10-5-7-11(8-6-10)20-9-14-17-13-4-2-1-3-12(13)15(19)18-14/h5-8H,1-4,9H2,(H,17,18,19). The maximum absolute atomic E-state index is 12.0. The van der Waals surface area contributed by atoms with Gasteiger partial charge in [-0.1, -0.05) is 15.9 Å². The summed E-state index contributed by atoms with van der Waals surface area (Å²) in [5.41, 5.74) is 1.96. The van der Waals surface area contributed by atoms with Gasteiger partial charge >= 0.3 is 0 Å². The number of aryl methyl sites for hydroxylation is 1. The minimum absolute atomic E-state index is 0.0566. The number of halogens is 1. The lowest BCUT2D eigenvalue weighted by molar-refractivity contribution is 0.651. The van der Waals surface area contributed by atoms with Crippen molar-refractivity contribution in [2.24, 2.45) is 0 Å². The Hall–Kier alpha value is -1.07. The molecule has 1 aliphatic rings. The molecule has 2 aromatic rings. The molecule has 0 amide bonds. The van der Waals surface area contributed by atoms with Gasteiger partial charge in [0.15, 0.2) is 0 Å². The molecule has 0 saturated carbocycles. The van der Waals surface area contributed by atoms with Gasteiger partial charge in [-0.05, 0) is 49.9 Å². The Morgan fingerprint density at radius 1 is 1.20 bits per heavy atom. The van der Waals surface area contributed by atoms with Gasteiger partial charge in [-0.3, -0.25) is 4.79 Å². The van der Waals surface area contributed by atoms with Crippen LogP contribution in [-0.4, -0.2) is 9.97 Å². The fourth-order valence-corrected chi connectivity index (χ4v) is 3.44. The fourth-order valence-electron chi connectivity index (χ4n) is 2.41. The van der Waals surface area contributed by atoms with E-state index in [1.54, 1.807) is 11.8 Å². The monoisotopic (exact) mass is 350 g/mol. The second-order valence-corrected chi connectivity index (χ2v) is 6.85. The first kappa shape index (κ1) is 13.9. The Morgan fingerprint density at radius 2 is 1.95 bits per heavy atom. The minimum atomic E-state index is 0.0566. The maximum atomic E-state index is 12.0. The topological polar surface area (TPSA) is 45.8 Å².